The first-order valence-corrected chi connectivity index (χ1v) is 4.82. The first kappa shape index (κ1) is 9.15. The molecule has 72 valence electrons. The number of thiol groups is 1. The van der Waals surface area contributed by atoms with Gasteiger partial charge in [-0.3, -0.25) is 4.79 Å². The van der Waals surface area contributed by atoms with Gasteiger partial charge < -0.3 is 9.72 Å². The summed E-state index contributed by atoms with van der Waals surface area (Å²) in [5.41, 5.74) is 0.953. The van der Waals surface area contributed by atoms with E-state index in [4.69, 9.17) is 4.74 Å². The third kappa shape index (κ3) is 1.61. The summed E-state index contributed by atoms with van der Waals surface area (Å²) in [6.07, 6.45) is 1.67. The Morgan fingerprint density at radius 3 is 3.00 bits per heavy atom. The van der Waals surface area contributed by atoms with Gasteiger partial charge in [-0.25, -0.2) is 0 Å². The van der Waals surface area contributed by atoms with Crippen LogP contribution < -0.4 is 4.74 Å². The van der Waals surface area contributed by atoms with E-state index < -0.39 is 0 Å². The quantitative estimate of drug-likeness (QED) is 0.584. The molecule has 2 rings (SSSR count). The number of para-hydroxylation sites is 1. The number of hydrogen-bond acceptors (Lipinski definition) is 3. The maximum Gasteiger partial charge on any atom is 0.321 e. The molecule has 0 radical (unpaired) electrons. The van der Waals surface area contributed by atoms with Crippen molar-refractivity contribution in [2.24, 2.45) is 0 Å². The fourth-order valence-corrected chi connectivity index (χ4v) is 1.35. The Morgan fingerprint density at radius 2 is 2.21 bits per heavy atom. The Bertz CT molecular complexity index is 464. The Labute approximate surface area is 86.5 Å². The number of carbonyl (C=O) groups excluding carboxylic acids is 1. The number of aromatic nitrogens is 1. The molecule has 0 spiro atoms. The lowest BCUT2D eigenvalue weighted by atomic mass is 10.2. The number of nitrogens with one attached hydrogen (secondary N) is 1. The predicted octanol–water partition coefficient (Wildman–Crippen LogP) is 2.00. The average Bonchev–Trinajstić information content (AvgIpc) is 2.62. The van der Waals surface area contributed by atoms with Crippen molar-refractivity contribution < 1.29 is 9.53 Å². The normalized spacial score (nSPS) is 10.4. The lowest BCUT2D eigenvalue weighted by Gasteiger charge is -1.98. The summed E-state index contributed by atoms with van der Waals surface area (Å²) in [4.78, 5) is 14.0. The number of aromatic amines is 1. The Morgan fingerprint density at radius 1 is 1.43 bits per heavy atom. The van der Waals surface area contributed by atoms with Crippen molar-refractivity contribution in [3.8, 4) is 5.75 Å². The lowest BCUT2D eigenvalue weighted by Crippen LogP contribution is -2.08. The van der Waals surface area contributed by atoms with Crippen molar-refractivity contribution in [2.45, 2.75) is 0 Å². The summed E-state index contributed by atoms with van der Waals surface area (Å²) in [5, 5.41) is 0.905. The van der Waals surface area contributed by atoms with Gasteiger partial charge in [-0.2, -0.15) is 12.6 Å². The molecule has 0 aliphatic rings. The van der Waals surface area contributed by atoms with Crippen LogP contribution in [0.3, 0.4) is 0 Å². The maximum atomic E-state index is 11.0. The number of fused-ring (bicyclic) bond motifs is 1. The largest absolute Gasteiger partial charge is 0.424 e. The van der Waals surface area contributed by atoms with E-state index in [1.807, 2.05) is 24.3 Å². The number of carbonyl (C=O) groups is 1. The molecule has 0 fully saturated rings. The number of esters is 1. The summed E-state index contributed by atoms with van der Waals surface area (Å²) in [7, 11) is 0. The van der Waals surface area contributed by atoms with E-state index in [1.54, 1.807) is 6.20 Å². The molecule has 0 unspecified atom stereocenters. The number of rotatable bonds is 2. The summed E-state index contributed by atoms with van der Waals surface area (Å²) in [6, 6.07) is 7.64. The van der Waals surface area contributed by atoms with Crippen LogP contribution in [-0.4, -0.2) is 16.7 Å². The van der Waals surface area contributed by atoms with Gasteiger partial charge in [-0.15, -0.1) is 0 Å². The average molecular weight is 207 g/mol. The Kier molecular flexibility index (Phi) is 2.45. The zero-order valence-electron chi connectivity index (χ0n) is 7.36. The highest BCUT2D eigenvalue weighted by atomic mass is 32.1. The summed E-state index contributed by atoms with van der Waals surface area (Å²) >= 11 is 3.84. The minimum atomic E-state index is -0.349. The first-order valence-electron chi connectivity index (χ1n) is 4.19. The molecule has 0 saturated carbocycles. The monoisotopic (exact) mass is 207 g/mol. The van der Waals surface area contributed by atoms with Crippen molar-refractivity contribution in [3.63, 3.8) is 0 Å². The van der Waals surface area contributed by atoms with Gasteiger partial charge in [0.05, 0.1) is 5.75 Å². The van der Waals surface area contributed by atoms with Crippen LogP contribution >= 0.6 is 12.6 Å². The molecule has 14 heavy (non-hydrogen) atoms. The van der Waals surface area contributed by atoms with Crippen molar-refractivity contribution in [1.82, 2.24) is 4.98 Å². The second-order valence-electron chi connectivity index (χ2n) is 2.83. The molecule has 1 N–H and O–H groups in total. The van der Waals surface area contributed by atoms with Crippen LogP contribution in [0, 0.1) is 0 Å². The summed E-state index contributed by atoms with van der Waals surface area (Å²) in [5.74, 6) is 0.289. The smallest absolute Gasteiger partial charge is 0.321 e. The highest BCUT2D eigenvalue weighted by Crippen LogP contribution is 2.24. The van der Waals surface area contributed by atoms with E-state index in [9.17, 15) is 4.79 Å². The van der Waals surface area contributed by atoms with Crippen molar-refractivity contribution >= 4 is 29.5 Å². The standard InChI is InChI=1S/C10H9NO2S/c12-10(6-14)13-9-5-11-8-4-2-1-3-7(8)9/h1-5,11,14H,6H2. The van der Waals surface area contributed by atoms with Gasteiger partial charge in [0, 0.05) is 17.1 Å². The van der Waals surface area contributed by atoms with Crippen LogP contribution in [0.25, 0.3) is 10.9 Å². The molecule has 0 aliphatic carbocycles. The van der Waals surface area contributed by atoms with Gasteiger partial charge >= 0.3 is 5.97 Å². The minimum Gasteiger partial charge on any atom is -0.424 e. The van der Waals surface area contributed by atoms with Gasteiger partial charge in [0.2, 0.25) is 0 Å². The van der Waals surface area contributed by atoms with Gasteiger partial charge in [-0.1, -0.05) is 12.1 Å². The molecule has 0 bridgehead atoms. The van der Waals surface area contributed by atoms with E-state index >= 15 is 0 Å². The van der Waals surface area contributed by atoms with E-state index in [2.05, 4.69) is 17.6 Å². The molecule has 3 nitrogen and oxygen atoms in total. The maximum absolute atomic E-state index is 11.0. The highest BCUT2D eigenvalue weighted by molar-refractivity contribution is 7.81. The molecule has 2 aromatic rings. The molecule has 1 aromatic carbocycles. The summed E-state index contributed by atoms with van der Waals surface area (Å²) < 4.78 is 5.07. The number of benzene rings is 1. The zero-order valence-corrected chi connectivity index (χ0v) is 8.25. The van der Waals surface area contributed by atoms with E-state index in [0.29, 0.717) is 5.75 Å². The van der Waals surface area contributed by atoms with E-state index in [-0.39, 0.29) is 11.7 Å². The zero-order chi connectivity index (χ0) is 9.97. The second kappa shape index (κ2) is 3.75. The Hall–Kier alpha value is -1.42. The van der Waals surface area contributed by atoms with Crippen LogP contribution in [-0.2, 0) is 4.79 Å². The van der Waals surface area contributed by atoms with E-state index in [1.165, 1.54) is 0 Å². The van der Waals surface area contributed by atoms with Gasteiger partial charge in [0.1, 0.15) is 0 Å². The number of ether oxygens (including phenoxy) is 1. The molecular formula is C10H9NO2S. The van der Waals surface area contributed by atoms with Gasteiger partial charge in [0.15, 0.2) is 5.75 Å². The molecule has 0 aliphatic heterocycles. The minimum absolute atomic E-state index is 0.0828. The SMILES string of the molecule is O=C(CS)Oc1c[nH]c2ccccc12. The molecule has 1 heterocycles. The van der Waals surface area contributed by atoms with Crippen LogP contribution in [0.4, 0.5) is 0 Å². The van der Waals surface area contributed by atoms with Gasteiger partial charge in [-0.05, 0) is 12.1 Å². The first-order chi connectivity index (χ1) is 6.81. The van der Waals surface area contributed by atoms with Crippen LogP contribution in [0.15, 0.2) is 30.5 Å². The molecule has 4 heteroatoms. The fraction of sp³-hybridized carbons (Fsp3) is 0.100. The summed E-state index contributed by atoms with van der Waals surface area (Å²) in [6.45, 7) is 0. The third-order valence-electron chi connectivity index (χ3n) is 1.90. The van der Waals surface area contributed by atoms with Crippen LogP contribution in [0.1, 0.15) is 0 Å². The molecular weight excluding hydrogens is 198 g/mol. The lowest BCUT2D eigenvalue weighted by molar-refractivity contribution is -0.131. The van der Waals surface area contributed by atoms with Crippen molar-refractivity contribution in [2.75, 3.05) is 5.75 Å². The van der Waals surface area contributed by atoms with Crippen molar-refractivity contribution in [3.05, 3.63) is 30.5 Å². The molecule has 0 saturated heterocycles. The highest BCUT2D eigenvalue weighted by Gasteiger charge is 2.07. The molecule has 0 atom stereocenters. The predicted molar refractivity (Wildman–Crippen MR) is 57.8 cm³/mol. The van der Waals surface area contributed by atoms with Gasteiger partial charge in [0.25, 0.3) is 0 Å². The Balaban J connectivity index is 2.38. The second-order valence-corrected chi connectivity index (χ2v) is 3.15. The topological polar surface area (TPSA) is 42.1 Å². The van der Waals surface area contributed by atoms with Crippen molar-refractivity contribution in [1.29, 1.82) is 0 Å². The number of hydrogen-bond donors (Lipinski definition) is 2. The molecule has 1 aromatic heterocycles. The fourth-order valence-electron chi connectivity index (χ4n) is 1.28. The van der Waals surface area contributed by atoms with E-state index in [0.717, 1.165) is 10.9 Å². The number of H-pyrrole nitrogens is 1. The van der Waals surface area contributed by atoms with Crippen LogP contribution in [0.2, 0.25) is 0 Å². The third-order valence-corrected chi connectivity index (χ3v) is 2.16. The molecule has 0 amide bonds. The van der Waals surface area contributed by atoms with Crippen LogP contribution in [0.5, 0.6) is 5.75 Å².